The maximum atomic E-state index is 10.7. The monoisotopic (exact) mass is 193 g/mol. The summed E-state index contributed by atoms with van der Waals surface area (Å²) in [5.74, 6) is 0. The fourth-order valence-electron chi connectivity index (χ4n) is 1.04. The molecule has 2 amide bonds. The third-order valence-electron chi connectivity index (χ3n) is 1.57. The van der Waals surface area contributed by atoms with Crippen molar-refractivity contribution in [1.29, 1.82) is 0 Å². The molecule has 0 spiro atoms. The number of carbonyl (C=O) groups excluding carboxylic acids is 1. The predicted molar refractivity (Wildman–Crippen MR) is 42.9 cm³/mol. The summed E-state index contributed by atoms with van der Waals surface area (Å²) in [6.45, 7) is 0.727. The molecule has 0 aromatic rings. The number of amides is 2. The van der Waals surface area contributed by atoms with Crippen molar-refractivity contribution in [3.8, 4) is 0 Å². The number of hydrogen-bond donors (Lipinski definition) is 2. The molecule has 12 heavy (non-hydrogen) atoms. The summed E-state index contributed by atoms with van der Waals surface area (Å²) >= 11 is 0. The van der Waals surface area contributed by atoms with Crippen molar-refractivity contribution in [2.45, 2.75) is 6.04 Å². The molecule has 6 nitrogen and oxygen atoms in total. The smallest absolute Gasteiger partial charge is 0.314 e. The summed E-state index contributed by atoms with van der Waals surface area (Å²) in [4.78, 5) is 11.8. The molecule has 1 rings (SSSR count). The lowest BCUT2D eigenvalue weighted by molar-refractivity contribution is 0.155. The van der Waals surface area contributed by atoms with Gasteiger partial charge in [-0.25, -0.2) is 17.9 Å². The van der Waals surface area contributed by atoms with Crippen LogP contribution in [0.3, 0.4) is 0 Å². The molecule has 70 valence electrons. The summed E-state index contributed by atoms with van der Waals surface area (Å²) in [6, 6.07) is -0.686. The molecule has 0 saturated carbocycles. The van der Waals surface area contributed by atoms with Gasteiger partial charge in [-0.15, -0.1) is 0 Å². The van der Waals surface area contributed by atoms with Crippen LogP contribution in [0.25, 0.3) is 0 Å². The maximum Gasteiger partial charge on any atom is 0.314 e. The number of rotatable bonds is 2. The summed E-state index contributed by atoms with van der Waals surface area (Å²) in [7, 11) is -3.16. The Balaban J connectivity index is 2.32. The van der Waals surface area contributed by atoms with Crippen LogP contribution >= 0.6 is 0 Å². The van der Waals surface area contributed by atoms with Gasteiger partial charge in [0.15, 0.2) is 0 Å². The Morgan fingerprint density at radius 2 is 2.08 bits per heavy atom. The molecule has 1 fully saturated rings. The van der Waals surface area contributed by atoms with E-state index in [1.54, 1.807) is 0 Å². The Morgan fingerprint density at radius 1 is 1.58 bits per heavy atom. The molecule has 3 N–H and O–H groups in total. The number of urea groups is 1. The van der Waals surface area contributed by atoms with Crippen LogP contribution in [0.1, 0.15) is 0 Å². The molecule has 0 aliphatic carbocycles. The van der Waals surface area contributed by atoms with E-state index in [4.69, 9.17) is 5.73 Å². The van der Waals surface area contributed by atoms with Gasteiger partial charge < -0.3 is 10.6 Å². The highest BCUT2D eigenvalue weighted by atomic mass is 32.2. The number of carbonyl (C=O) groups is 1. The number of nitrogens with one attached hydrogen (secondary N) is 1. The van der Waals surface area contributed by atoms with Crippen LogP contribution in [0, 0.1) is 0 Å². The zero-order valence-electron chi connectivity index (χ0n) is 6.65. The van der Waals surface area contributed by atoms with Gasteiger partial charge in [0.05, 0.1) is 12.3 Å². The third kappa shape index (κ3) is 2.35. The molecular formula is C5H11N3O3S. The normalized spacial score (nSPS) is 18.9. The third-order valence-corrected chi connectivity index (χ3v) is 2.34. The number of likely N-dealkylation sites (tertiary alicyclic amines) is 1. The molecule has 1 aliphatic rings. The molecule has 7 heteroatoms. The molecule has 1 saturated heterocycles. The standard InChI is InChI=1S/C5H11N3O3S/c1-12(10,11)7-4-2-8(3-4)5(6)9/h4,7H,2-3H2,1H3,(H2,6,9). The minimum Gasteiger partial charge on any atom is -0.351 e. The van der Waals surface area contributed by atoms with Gasteiger partial charge in [0.2, 0.25) is 10.0 Å². The van der Waals surface area contributed by atoms with Crippen molar-refractivity contribution in [1.82, 2.24) is 9.62 Å². The topological polar surface area (TPSA) is 92.5 Å². The lowest BCUT2D eigenvalue weighted by Crippen LogP contribution is -2.61. The van der Waals surface area contributed by atoms with Crippen LogP contribution in [0.15, 0.2) is 0 Å². The van der Waals surface area contributed by atoms with Crippen molar-refractivity contribution in [2.24, 2.45) is 5.73 Å². The molecule has 0 aromatic carbocycles. The Morgan fingerprint density at radius 3 is 2.42 bits per heavy atom. The Bertz CT molecular complexity index is 280. The first kappa shape index (κ1) is 9.27. The van der Waals surface area contributed by atoms with Crippen molar-refractivity contribution in [3.05, 3.63) is 0 Å². The molecular weight excluding hydrogens is 182 g/mol. The molecule has 0 bridgehead atoms. The minimum atomic E-state index is -3.16. The summed E-state index contributed by atoms with van der Waals surface area (Å²) in [5.41, 5.74) is 4.93. The number of sulfonamides is 1. The molecule has 0 aromatic heterocycles. The fraction of sp³-hybridized carbons (Fsp3) is 0.800. The van der Waals surface area contributed by atoms with E-state index in [1.165, 1.54) is 4.90 Å². The summed E-state index contributed by atoms with van der Waals surface area (Å²) < 4.78 is 23.7. The van der Waals surface area contributed by atoms with Crippen LogP contribution < -0.4 is 10.5 Å². The second-order valence-electron chi connectivity index (χ2n) is 2.83. The Labute approximate surface area is 70.8 Å². The van der Waals surface area contributed by atoms with Gasteiger partial charge in [0.1, 0.15) is 0 Å². The van der Waals surface area contributed by atoms with Gasteiger partial charge in [-0.3, -0.25) is 0 Å². The van der Waals surface area contributed by atoms with Crippen molar-refractivity contribution in [3.63, 3.8) is 0 Å². The average Bonchev–Trinajstić information content (AvgIpc) is 1.74. The van der Waals surface area contributed by atoms with E-state index in [0.717, 1.165) is 6.26 Å². The highest BCUT2D eigenvalue weighted by molar-refractivity contribution is 7.88. The maximum absolute atomic E-state index is 10.7. The minimum absolute atomic E-state index is 0.174. The first-order valence-corrected chi connectivity index (χ1v) is 5.29. The number of hydrogen-bond acceptors (Lipinski definition) is 3. The molecule has 0 unspecified atom stereocenters. The van der Waals surface area contributed by atoms with Crippen LogP contribution in [0.4, 0.5) is 4.79 Å². The van der Waals surface area contributed by atoms with Gasteiger partial charge >= 0.3 is 6.03 Å². The van der Waals surface area contributed by atoms with E-state index in [9.17, 15) is 13.2 Å². The van der Waals surface area contributed by atoms with Gasteiger partial charge in [0, 0.05) is 13.1 Å². The molecule has 1 heterocycles. The quantitative estimate of drug-likeness (QED) is 0.547. The first-order valence-electron chi connectivity index (χ1n) is 3.40. The van der Waals surface area contributed by atoms with E-state index < -0.39 is 16.1 Å². The van der Waals surface area contributed by atoms with Crippen molar-refractivity contribution < 1.29 is 13.2 Å². The highest BCUT2D eigenvalue weighted by Gasteiger charge is 2.30. The van der Waals surface area contributed by atoms with Gasteiger partial charge in [-0.2, -0.15) is 0 Å². The van der Waals surface area contributed by atoms with E-state index in [-0.39, 0.29) is 6.04 Å². The fourth-order valence-corrected chi connectivity index (χ4v) is 1.79. The molecule has 1 aliphatic heterocycles. The van der Waals surface area contributed by atoms with Gasteiger partial charge in [-0.05, 0) is 0 Å². The van der Waals surface area contributed by atoms with E-state index in [0.29, 0.717) is 13.1 Å². The van der Waals surface area contributed by atoms with E-state index in [2.05, 4.69) is 4.72 Å². The number of primary amides is 1. The second kappa shape index (κ2) is 2.91. The van der Waals surface area contributed by atoms with Crippen LogP contribution in [-0.2, 0) is 10.0 Å². The van der Waals surface area contributed by atoms with E-state index >= 15 is 0 Å². The SMILES string of the molecule is CS(=O)(=O)NC1CN(C(N)=O)C1. The highest BCUT2D eigenvalue weighted by Crippen LogP contribution is 2.06. The van der Waals surface area contributed by atoms with Crippen LogP contribution in [0.5, 0.6) is 0 Å². The van der Waals surface area contributed by atoms with Crippen LogP contribution in [0.2, 0.25) is 0 Å². The summed E-state index contributed by atoms with van der Waals surface area (Å²) in [5, 5.41) is 0. The van der Waals surface area contributed by atoms with Gasteiger partial charge in [-0.1, -0.05) is 0 Å². The van der Waals surface area contributed by atoms with E-state index in [1.807, 2.05) is 0 Å². The van der Waals surface area contributed by atoms with Crippen molar-refractivity contribution >= 4 is 16.1 Å². The Kier molecular flexibility index (Phi) is 2.25. The lowest BCUT2D eigenvalue weighted by atomic mass is 10.1. The van der Waals surface area contributed by atoms with Crippen LogP contribution in [-0.4, -0.2) is 44.7 Å². The largest absolute Gasteiger partial charge is 0.351 e. The summed E-state index contributed by atoms with van der Waals surface area (Å²) in [6.07, 6.45) is 1.08. The zero-order chi connectivity index (χ0) is 9.35. The van der Waals surface area contributed by atoms with Crippen molar-refractivity contribution in [2.75, 3.05) is 19.3 Å². The molecule has 0 radical (unpaired) electrons. The Hall–Kier alpha value is -0.820. The second-order valence-corrected chi connectivity index (χ2v) is 4.61. The predicted octanol–water partition coefficient (Wildman–Crippen LogP) is -1.70. The lowest BCUT2D eigenvalue weighted by Gasteiger charge is -2.37. The first-order chi connectivity index (χ1) is 5.38. The van der Waals surface area contributed by atoms with Gasteiger partial charge in [0.25, 0.3) is 0 Å². The number of nitrogens with zero attached hydrogens (tertiary/aromatic N) is 1. The molecule has 0 atom stereocenters. The number of nitrogens with two attached hydrogens (primary N) is 1. The average molecular weight is 193 g/mol. The zero-order valence-corrected chi connectivity index (χ0v) is 7.47.